The van der Waals surface area contributed by atoms with Gasteiger partial charge in [0.2, 0.25) is 0 Å². The monoisotopic (exact) mass is 224 g/mol. The van der Waals surface area contributed by atoms with E-state index in [9.17, 15) is 13.2 Å². The second kappa shape index (κ2) is 4.03. The first-order chi connectivity index (χ1) is 6.04. The van der Waals surface area contributed by atoms with Gasteiger partial charge in [0.25, 0.3) is 0 Å². The first-order valence-electron chi connectivity index (χ1n) is 3.26. The highest BCUT2D eigenvalue weighted by atomic mass is 35.5. The van der Waals surface area contributed by atoms with Crippen molar-refractivity contribution in [1.82, 2.24) is 0 Å². The van der Waals surface area contributed by atoms with Crippen LogP contribution in [-0.4, -0.2) is 5.88 Å². The van der Waals surface area contributed by atoms with Crippen molar-refractivity contribution in [2.75, 3.05) is 5.88 Å². The molecule has 0 unspecified atom stereocenters. The van der Waals surface area contributed by atoms with Gasteiger partial charge in [-0.25, -0.2) is 0 Å². The minimum absolute atomic E-state index is 0.124. The number of rotatable bonds is 0. The quantitative estimate of drug-likeness (QED) is 0.468. The molecule has 1 rings (SSSR count). The van der Waals surface area contributed by atoms with E-state index in [2.05, 4.69) is 11.8 Å². The van der Waals surface area contributed by atoms with Gasteiger partial charge < -0.3 is 0 Å². The SMILES string of the molecule is FC(F)(F)c1ccc(C#CCCl)s1. The van der Waals surface area contributed by atoms with Crippen molar-refractivity contribution in [1.29, 1.82) is 0 Å². The van der Waals surface area contributed by atoms with Crippen LogP contribution in [-0.2, 0) is 6.18 Å². The Kier molecular flexibility index (Phi) is 3.23. The van der Waals surface area contributed by atoms with Crippen LogP contribution >= 0.6 is 22.9 Å². The Morgan fingerprint density at radius 3 is 2.54 bits per heavy atom. The Hall–Kier alpha value is -0.660. The molecule has 0 aliphatic rings. The standard InChI is InChI=1S/C8H4ClF3S/c9-5-1-2-6-3-4-7(13-6)8(10,11)12/h3-4H,5H2. The molecular formula is C8H4ClF3S. The third kappa shape index (κ3) is 2.94. The first-order valence-corrected chi connectivity index (χ1v) is 4.61. The van der Waals surface area contributed by atoms with Gasteiger partial charge in [0, 0.05) is 0 Å². The van der Waals surface area contributed by atoms with Gasteiger partial charge in [-0.15, -0.1) is 22.9 Å². The highest BCUT2D eigenvalue weighted by Crippen LogP contribution is 2.34. The van der Waals surface area contributed by atoms with Gasteiger partial charge in [0.1, 0.15) is 4.88 Å². The Balaban J connectivity index is 2.87. The lowest BCUT2D eigenvalue weighted by Crippen LogP contribution is -2.00. The summed E-state index contributed by atoms with van der Waals surface area (Å²) in [5.41, 5.74) is 0. The maximum atomic E-state index is 12.1. The van der Waals surface area contributed by atoms with Crippen molar-refractivity contribution in [3.63, 3.8) is 0 Å². The molecule has 0 spiro atoms. The molecule has 0 radical (unpaired) electrons. The fourth-order valence-corrected chi connectivity index (χ4v) is 1.49. The molecule has 0 N–H and O–H groups in total. The van der Waals surface area contributed by atoms with Crippen LogP contribution in [0.5, 0.6) is 0 Å². The number of hydrogen-bond acceptors (Lipinski definition) is 1. The predicted molar refractivity (Wildman–Crippen MR) is 46.9 cm³/mol. The van der Waals surface area contributed by atoms with Crippen molar-refractivity contribution in [2.24, 2.45) is 0 Å². The van der Waals surface area contributed by atoms with E-state index in [0.29, 0.717) is 16.2 Å². The highest BCUT2D eigenvalue weighted by Gasteiger charge is 2.32. The van der Waals surface area contributed by atoms with E-state index in [1.807, 2.05) is 0 Å². The summed E-state index contributed by atoms with van der Waals surface area (Å²) in [6.45, 7) is 0. The van der Waals surface area contributed by atoms with Gasteiger partial charge in [-0.3, -0.25) is 0 Å². The highest BCUT2D eigenvalue weighted by molar-refractivity contribution is 7.12. The van der Waals surface area contributed by atoms with Crippen LogP contribution in [0.15, 0.2) is 12.1 Å². The largest absolute Gasteiger partial charge is 0.425 e. The molecule has 0 aromatic carbocycles. The molecule has 0 aliphatic carbocycles. The molecule has 0 saturated heterocycles. The van der Waals surface area contributed by atoms with E-state index >= 15 is 0 Å². The lowest BCUT2D eigenvalue weighted by molar-refractivity contribution is -0.134. The predicted octanol–water partition coefficient (Wildman–Crippen LogP) is 3.36. The summed E-state index contributed by atoms with van der Waals surface area (Å²) < 4.78 is 36.2. The Morgan fingerprint density at radius 1 is 1.38 bits per heavy atom. The fourth-order valence-electron chi connectivity index (χ4n) is 0.678. The summed E-state index contributed by atoms with van der Waals surface area (Å²) in [5, 5.41) is 0. The van der Waals surface area contributed by atoms with Crippen molar-refractivity contribution in [2.45, 2.75) is 6.18 Å². The Labute approximate surface area is 82.3 Å². The van der Waals surface area contributed by atoms with E-state index in [4.69, 9.17) is 11.6 Å². The van der Waals surface area contributed by atoms with Gasteiger partial charge in [-0.2, -0.15) is 13.2 Å². The summed E-state index contributed by atoms with van der Waals surface area (Å²) in [4.78, 5) is -0.251. The van der Waals surface area contributed by atoms with E-state index in [1.54, 1.807) is 0 Å². The van der Waals surface area contributed by atoms with Crippen LogP contribution in [0.1, 0.15) is 9.75 Å². The fraction of sp³-hybridized carbons (Fsp3) is 0.250. The molecular weight excluding hydrogens is 221 g/mol. The molecule has 1 aromatic heterocycles. The average molecular weight is 225 g/mol. The van der Waals surface area contributed by atoms with E-state index in [1.165, 1.54) is 6.07 Å². The summed E-state index contributed by atoms with van der Waals surface area (Å²) in [7, 11) is 0. The maximum absolute atomic E-state index is 12.1. The van der Waals surface area contributed by atoms with Gasteiger partial charge in [-0.05, 0) is 12.1 Å². The van der Waals surface area contributed by atoms with Crippen molar-refractivity contribution in [3.8, 4) is 11.8 Å². The Morgan fingerprint density at radius 2 is 2.08 bits per heavy atom. The van der Waals surface area contributed by atoms with Crippen LogP contribution in [0.2, 0.25) is 0 Å². The molecule has 0 bridgehead atoms. The summed E-state index contributed by atoms with van der Waals surface area (Å²) in [6.07, 6.45) is -4.27. The Bertz CT molecular complexity index is 342. The van der Waals surface area contributed by atoms with E-state index in [0.717, 1.165) is 6.07 Å². The number of alkyl halides is 4. The molecule has 0 aliphatic heterocycles. The minimum atomic E-state index is -4.27. The summed E-state index contributed by atoms with van der Waals surface area (Å²) >= 11 is 5.88. The van der Waals surface area contributed by atoms with Crippen LogP contribution in [0, 0.1) is 11.8 Å². The second-order valence-corrected chi connectivity index (χ2v) is 3.45. The van der Waals surface area contributed by atoms with Gasteiger partial charge in [-0.1, -0.05) is 11.8 Å². The van der Waals surface area contributed by atoms with Crippen LogP contribution < -0.4 is 0 Å². The first kappa shape index (κ1) is 10.4. The zero-order valence-corrected chi connectivity index (χ0v) is 7.85. The van der Waals surface area contributed by atoms with Crippen molar-refractivity contribution < 1.29 is 13.2 Å². The third-order valence-corrected chi connectivity index (χ3v) is 2.34. The zero-order chi connectivity index (χ0) is 9.90. The van der Waals surface area contributed by atoms with Gasteiger partial charge in [0.15, 0.2) is 0 Å². The molecule has 70 valence electrons. The van der Waals surface area contributed by atoms with E-state index in [-0.39, 0.29) is 5.88 Å². The normalized spacial score (nSPS) is 10.8. The van der Waals surface area contributed by atoms with Crippen LogP contribution in [0.25, 0.3) is 0 Å². The lowest BCUT2D eigenvalue weighted by atomic mass is 10.4. The molecule has 0 amide bonds. The maximum Gasteiger partial charge on any atom is 0.425 e. The minimum Gasteiger partial charge on any atom is -0.165 e. The molecule has 0 atom stereocenters. The molecule has 1 aromatic rings. The number of hydrogen-bond donors (Lipinski definition) is 0. The third-order valence-electron chi connectivity index (χ3n) is 1.16. The molecule has 1 heterocycles. The molecule has 13 heavy (non-hydrogen) atoms. The average Bonchev–Trinajstić information content (AvgIpc) is 2.47. The lowest BCUT2D eigenvalue weighted by Gasteiger charge is -1.99. The topological polar surface area (TPSA) is 0 Å². The van der Waals surface area contributed by atoms with Gasteiger partial charge >= 0.3 is 6.18 Å². The number of halogens is 4. The smallest absolute Gasteiger partial charge is 0.165 e. The molecule has 0 nitrogen and oxygen atoms in total. The summed E-state index contributed by atoms with van der Waals surface area (Å²) in [6, 6.07) is 2.36. The molecule has 0 fully saturated rings. The van der Waals surface area contributed by atoms with Crippen molar-refractivity contribution >= 4 is 22.9 Å². The molecule has 5 heteroatoms. The van der Waals surface area contributed by atoms with Crippen LogP contribution in [0.4, 0.5) is 13.2 Å². The zero-order valence-electron chi connectivity index (χ0n) is 6.28. The summed E-state index contributed by atoms with van der Waals surface area (Å²) in [5.74, 6) is 5.14. The van der Waals surface area contributed by atoms with E-state index < -0.39 is 11.1 Å². The van der Waals surface area contributed by atoms with Crippen LogP contribution in [0.3, 0.4) is 0 Å². The second-order valence-electron chi connectivity index (χ2n) is 2.10. The van der Waals surface area contributed by atoms with Gasteiger partial charge in [0.05, 0.1) is 10.8 Å². The van der Waals surface area contributed by atoms with Crippen molar-refractivity contribution in [3.05, 3.63) is 21.9 Å². The molecule has 0 saturated carbocycles. The number of thiophene rings is 1.